The maximum absolute atomic E-state index is 12.0. The van der Waals surface area contributed by atoms with Gasteiger partial charge in [0.25, 0.3) is 0 Å². The van der Waals surface area contributed by atoms with Crippen molar-refractivity contribution < 1.29 is 4.79 Å². The number of aromatic nitrogens is 1. The third-order valence-electron chi connectivity index (χ3n) is 5.91. The van der Waals surface area contributed by atoms with Crippen LogP contribution >= 0.6 is 0 Å². The summed E-state index contributed by atoms with van der Waals surface area (Å²) in [5, 5.41) is 6.15. The van der Waals surface area contributed by atoms with Crippen molar-refractivity contribution in [2.75, 3.05) is 12.4 Å². The van der Waals surface area contributed by atoms with Crippen LogP contribution in [-0.2, 0) is 4.79 Å². The average Bonchev–Trinajstić information content (AvgIpc) is 2.95. The maximum atomic E-state index is 12.0. The normalized spacial score (nSPS) is 11.6. The Labute approximate surface area is 230 Å². The highest BCUT2D eigenvalue weighted by Gasteiger charge is 2.17. The van der Waals surface area contributed by atoms with Gasteiger partial charge in [-0.2, -0.15) is 0 Å². The number of hydrogen-bond donors (Lipinski definition) is 2. The summed E-state index contributed by atoms with van der Waals surface area (Å²) in [6.07, 6.45) is 4.42. The van der Waals surface area contributed by atoms with Crippen molar-refractivity contribution in [3.05, 3.63) is 115 Å². The molecule has 0 saturated carbocycles. The molecule has 1 heterocycles. The highest BCUT2D eigenvalue weighted by atomic mass is 16.1. The fraction of sp³-hybridized carbons (Fsp3) is 0.273. The molecule has 1 aromatic heterocycles. The predicted molar refractivity (Wildman–Crippen MR) is 163 cm³/mol. The second-order valence-electron chi connectivity index (χ2n) is 9.65. The average molecular weight is 506 g/mol. The Balaban J connectivity index is 0.000000223. The van der Waals surface area contributed by atoms with Crippen molar-refractivity contribution in [1.82, 2.24) is 10.3 Å². The molecule has 2 radical (unpaired) electrons. The molecule has 38 heavy (non-hydrogen) atoms. The Morgan fingerprint density at radius 1 is 0.763 bits per heavy atom. The summed E-state index contributed by atoms with van der Waals surface area (Å²) in [5.74, 6) is 0.715. The molecule has 4 aromatic rings. The zero-order chi connectivity index (χ0) is 27.8. The number of anilines is 1. The molecule has 0 saturated heterocycles. The van der Waals surface area contributed by atoms with E-state index in [9.17, 15) is 4.79 Å². The van der Waals surface area contributed by atoms with Crippen LogP contribution in [0.3, 0.4) is 0 Å². The maximum Gasteiger partial charge on any atom is 0.223 e. The number of benzene rings is 3. The summed E-state index contributed by atoms with van der Waals surface area (Å²) in [6, 6.07) is 32.2. The van der Waals surface area contributed by atoms with Gasteiger partial charge >= 0.3 is 0 Å². The first-order valence-electron chi connectivity index (χ1n) is 13.1. The Morgan fingerprint density at radius 3 is 1.79 bits per heavy atom. The lowest BCUT2D eigenvalue weighted by molar-refractivity contribution is -0.125. The second kappa shape index (κ2) is 16.8. The van der Waals surface area contributed by atoms with E-state index in [4.69, 9.17) is 7.85 Å². The first-order valence-corrected chi connectivity index (χ1v) is 13.1. The van der Waals surface area contributed by atoms with Gasteiger partial charge in [0.2, 0.25) is 5.91 Å². The molecular weight excluding hydrogens is 465 g/mol. The lowest BCUT2D eigenvalue weighted by atomic mass is 9.93. The lowest BCUT2D eigenvalue weighted by Crippen LogP contribution is -2.32. The minimum Gasteiger partial charge on any atom is -0.388 e. The fourth-order valence-corrected chi connectivity index (χ4v) is 3.81. The van der Waals surface area contributed by atoms with E-state index in [1.807, 2.05) is 69.4 Å². The standard InChI is InChI=1S/C15H22BNO.C13H13N.C5H5N/c1-10(2)9-11(3)15(18)17-12(4)13-5-7-14(16)8-6-13;1-14-13-9-7-12(8-10-13)11-5-3-2-4-6-11;1-2-4-6-5-3-1/h5-8,10-12H,9H2,1-4H3,(H,17,18);2-10,14H,1H3;1-5H/t11?,12-;;/m0../s1. The van der Waals surface area contributed by atoms with Crippen molar-refractivity contribution >= 4 is 24.9 Å². The highest BCUT2D eigenvalue weighted by molar-refractivity contribution is 6.32. The number of hydrogen-bond acceptors (Lipinski definition) is 3. The van der Waals surface area contributed by atoms with Crippen molar-refractivity contribution in [1.29, 1.82) is 0 Å². The fourth-order valence-electron chi connectivity index (χ4n) is 3.81. The molecule has 4 nitrogen and oxygen atoms in total. The van der Waals surface area contributed by atoms with Crippen LogP contribution < -0.4 is 16.1 Å². The summed E-state index contributed by atoms with van der Waals surface area (Å²) < 4.78 is 0. The van der Waals surface area contributed by atoms with Gasteiger partial charge in [-0.3, -0.25) is 9.78 Å². The first-order chi connectivity index (χ1) is 18.3. The Hall–Kier alpha value is -3.86. The zero-order valence-electron chi connectivity index (χ0n) is 23.3. The summed E-state index contributed by atoms with van der Waals surface area (Å²) in [5.41, 5.74) is 5.48. The SMILES string of the molecule is CNc1ccc(-c2ccccc2)cc1.[B]c1ccc([C@H](C)NC(=O)C(C)CC(C)C)cc1.c1ccncc1. The van der Waals surface area contributed by atoms with E-state index in [1.165, 1.54) is 11.1 Å². The predicted octanol–water partition coefficient (Wildman–Crippen LogP) is 6.82. The van der Waals surface area contributed by atoms with Crippen LogP contribution in [0.15, 0.2) is 109 Å². The van der Waals surface area contributed by atoms with Crippen LogP contribution in [0.25, 0.3) is 11.1 Å². The zero-order valence-corrected chi connectivity index (χ0v) is 23.3. The quantitative estimate of drug-likeness (QED) is 0.271. The third-order valence-corrected chi connectivity index (χ3v) is 5.91. The van der Waals surface area contributed by atoms with Crippen molar-refractivity contribution in [2.24, 2.45) is 11.8 Å². The molecule has 0 fully saturated rings. The summed E-state index contributed by atoms with van der Waals surface area (Å²) in [6.45, 7) is 8.23. The van der Waals surface area contributed by atoms with Gasteiger partial charge in [0, 0.05) is 31.0 Å². The molecule has 0 spiro atoms. The minimum absolute atomic E-state index is 0.0210. The number of rotatable bonds is 7. The van der Waals surface area contributed by atoms with Crippen molar-refractivity contribution in [3.8, 4) is 11.1 Å². The smallest absolute Gasteiger partial charge is 0.223 e. The van der Waals surface area contributed by atoms with Gasteiger partial charge in [-0.1, -0.05) is 99.0 Å². The van der Waals surface area contributed by atoms with Crippen LogP contribution in [-0.4, -0.2) is 25.8 Å². The first kappa shape index (κ1) is 30.4. The molecule has 1 unspecified atom stereocenters. The van der Waals surface area contributed by atoms with Crippen LogP contribution in [0.5, 0.6) is 0 Å². The largest absolute Gasteiger partial charge is 0.388 e. The van der Waals surface area contributed by atoms with Crippen LogP contribution in [0.4, 0.5) is 5.69 Å². The van der Waals surface area contributed by atoms with Gasteiger partial charge in [-0.25, -0.2) is 0 Å². The van der Waals surface area contributed by atoms with Gasteiger partial charge in [-0.05, 0) is 60.2 Å². The van der Waals surface area contributed by atoms with Crippen LogP contribution in [0.1, 0.15) is 45.7 Å². The van der Waals surface area contributed by atoms with E-state index >= 15 is 0 Å². The molecule has 4 rings (SSSR count). The van der Waals surface area contributed by atoms with E-state index in [1.54, 1.807) is 12.4 Å². The molecule has 196 valence electrons. The molecule has 2 atom stereocenters. The highest BCUT2D eigenvalue weighted by Crippen LogP contribution is 2.20. The number of nitrogens with one attached hydrogen (secondary N) is 2. The van der Waals surface area contributed by atoms with Gasteiger partial charge in [0.1, 0.15) is 7.85 Å². The Kier molecular flexibility index (Phi) is 13.4. The van der Waals surface area contributed by atoms with E-state index in [2.05, 4.69) is 78.0 Å². The number of pyridine rings is 1. The van der Waals surface area contributed by atoms with Crippen molar-refractivity contribution in [2.45, 2.75) is 40.2 Å². The third kappa shape index (κ3) is 11.5. The lowest BCUT2D eigenvalue weighted by Gasteiger charge is -2.19. The van der Waals surface area contributed by atoms with E-state index in [0.29, 0.717) is 5.92 Å². The number of carbonyl (C=O) groups is 1. The number of amides is 1. The van der Waals surface area contributed by atoms with Crippen LogP contribution in [0.2, 0.25) is 0 Å². The molecule has 0 bridgehead atoms. The molecule has 5 heteroatoms. The summed E-state index contributed by atoms with van der Waals surface area (Å²) in [4.78, 5) is 15.8. The molecule has 0 aliphatic heterocycles. The summed E-state index contributed by atoms with van der Waals surface area (Å²) >= 11 is 0. The number of carbonyl (C=O) groups excluding carboxylic acids is 1. The Bertz CT molecular complexity index is 1140. The van der Waals surface area contributed by atoms with E-state index in [-0.39, 0.29) is 17.9 Å². The molecule has 0 aliphatic rings. The second-order valence-corrected chi connectivity index (χ2v) is 9.65. The summed E-state index contributed by atoms with van der Waals surface area (Å²) in [7, 11) is 7.57. The molecule has 1 amide bonds. The molecular formula is C33H40BN3O. The van der Waals surface area contributed by atoms with Gasteiger partial charge < -0.3 is 10.6 Å². The minimum atomic E-state index is 0.0210. The van der Waals surface area contributed by atoms with Gasteiger partial charge in [-0.15, -0.1) is 0 Å². The van der Waals surface area contributed by atoms with Crippen molar-refractivity contribution in [3.63, 3.8) is 0 Å². The van der Waals surface area contributed by atoms with Gasteiger partial charge in [0.05, 0.1) is 6.04 Å². The Morgan fingerprint density at radius 2 is 1.32 bits per heavy atom. The van der Waals surface area contributed by atoms with Crippen LogP contribution in [0, 0.1) is 11.8 Å². The number of nitrogens with zero attached hydrogens (tertiary/aromatic N) is 1. The van der Waals surface area contributed by atoms with E-state index in [0.717, 1.165) is 23.1 Å². The molecule has 3 aromatic carbocycles. The van der Waals surface area contributed by atoms with E-state index < -0.39 is 0 Å². The monoisotopic (exact) mass is 505 g/mol. The van der Waals surface area contributed by atoms with Gasteiger partial charge in [0.15, 0.2) is 0 Å². The topological polar surface area (TPSA) is 54.0 Å². The molecule has 2 N–H and O–H groups in total. The molecule has 0 aliphatic carbocycles.